The van der Waals surface area contributed by atoms with Crippen LogP contribution in [0, 0.1) is 0 Å². The van der Waals surface area contributed by atoms with E-state index >= 15 is 0 Å². The predicted molar refractivity (Wildman–Crippen MR) is 98.1 cm³/mol. The highest BCUT2D eigenvalue weighted by Gasteiger charge is 2.12. The standard InChI is InChI=1S/C18H14N4O4S/c23-16(25-9-15-21-17(22-26-15)11-7-8-27-10-11)6-5-14-19-13-4-2-1-3-12(13)18(24)20-14/h1-4,7-8,10H,5-6,9H2,(H,19,20,24). The molecule has 0 atom stereocenters. The number of aromatic amines is 1. The number of rotatable bonds is 6. The number of esters is 1. The van der Waals surface area contributed by atoms with E-state index in [4.69, 9.17) is 9.26 Å². The molecule has 0 amide bonds. The summed E-state index contributed by atoms with van der Waals surface area (Å²) in [6, 6.07) is 8.92. The molecule has 8 nitrogen and oxygen atoms in total. The molecule has 0 aliphatic carbocycles. The van der Waals surface area contributed by atoms with Gasteiger partial charge in [0.05, 0.1) is 17.3 Å². The van der Waals surface area contributed by atoms with Crippen LogP contribution in [-0.4, -0.2) is 26.1 Å². The predicted octanol–water partition coefficient (Wildman–Crippen LogP) is 2.71. The summed E-state index contributed by atoms with van der Waals surface area (Å²) in [5, 5.41) is 8.18. The normalized spacial score (nSPS) is 11.0. The highest BCUT2D eigenvalue weighted by Crippen LogP contribution is 2.18. The third-order valence-corrected chi connectivity index (χ3v) is 4.52. The maximum Gasteiger partial charge on any atom is 0.306 e. The quantitative estimate of drug-likeness (QED) is 0.510. The molecular formula is C18H14N4O4S. The Morgan fingerprint density at radius 3 is 2.96 bits per heavy atom. The second-order valence-corrected chi connectivity index (χ2v) is 6.49. The van der Waals surface area contributed by atoms with Gasteiger partial charge in [0.2, 0.25) is 5.82 Å². The smallest absolute Gasteiger partial charge is 0.306 e. The lowest BCUT2D eigenvalue weighted by atomic mass is 10.2. The summed E-state index contributed by atoms with van der Waals surface area (Å²) in [4.78, 5) is 35.2. The second kappa shape index (κ2) is 7.50. The van der Waals surface area contributed by atoms with Crippen molar-refractivity contribution in [2.75, 3.05) is 0 Å². The third-order valence-electron chi connectivity index (χ3n) is 3.83. The zero-order valence-electron chi connectivity index (χ0n) is 14.0. The number of benzene rings is 1. The summed E-state index contributed by atoms with van der Waals surface area (Å²) in [7, 11) is 0. The van der Waals surface area contributed by atoms with Gasteiger partial charge in [-0.3, -0.25) is 9.59 Å². The molecule has 0 aliphatic rings. The van der Waals surface area contributed by atoms with Gasteiger partial charge in [-0.2, -0.15) is 16.3 Å². The van der Waals surface area contributed by atoms with Crippen LogP contribution >= 0.6 is 11.3 Å². The van der Waals surface area contributed by atoms with Crippen LogP contribution in [0.4, 0.5) is 0 Å². The number of para-hydroxylation sites is 1. The summed E-state index contributed by atoms with van der Waals surface area (Å²) in [6.45, 7) is -0.0996. The van der Waals surface area contributed by atoms with E-state index in [0.717, 1.165) is 5.56 Å². The number of carbonyl (C=O) groups excluding carboxylic acids is 1. The zero-order chi connectivity index (χ0) is 18.6. The minimum absolute atomic E-state index is 0.0762. The molecule has 0 radical (unpaired) electrons. The number of ether oxygens (including phenoxy) is 1. The Bertz CT molecular complexity index is 1130. The van der Waals surface area contributed by atoms with Crippen LogP contribution in [0.1, 0.15) is 18.1 Å². The number of aromatic nitrogens is 4. The van der Waals surface area contributed by atoms with Crippen molar-refractivity contribution in [3.05, 3.63) is 63.2 Å². The first-order chi connectivity index (χ1) is 13.2. The van der Waals surface area contributed by atoms with Crippen LogP contribution in [-0.2, 0) is 22.6 Å². The number of thiophene rings is 1. The molecule has 1 aromatic carbocycles. The number of H-pyrrole nitrogens is 1. The zero-order valence-corrected chi connectivity index (χ0v) is 14.9. The van der Waals surface area contributed by atoms with Crippen molar-refractivity contribution in [1.82, 2.24) is 20.1 Å². The molecule has 0 saturated carbocycles. The van der Waals surface area contributed by atoms with Crippen molar-refractivity contribution < 1.29 is 14.1 Å². The van der Waals surface area contributed by atoms with Gasteiger partial charge in [-0.25, -0.2) is 4.98 Å². The lowest BCUT2D eigenvalue weighted by Gasteiger charge is -2.03. The summed E-state index contributed by atoms with van der Waals surface area (Å²) < 4.78 is 10.2. The Hall–Kier alpha value is -3.33. The Morgan fingerprint density at radius 1 is 1.22 bits per heavy atom. The van der Waals surface area contributed by atoms with Gasteiger partial charge in [-0.15, -0.1) is 0 Å². The van der Waals surface area contributed by atoms with Crippen LogP contribution in [0.5, 0.6) is 0 Å². The topological polar surface area (TPSA) is 111 Å². The number of carbonyl (C=O) groups is 1. The fourth-order valence-electron chi connectivity index (χ4n) is 2.51. The number of hydrogen-bond donors (Lipinski definition) is 1. The minimum atomic E-state index is -0.443. The highest BCUT2D eigenvalue weighted by atomic mass is 32.1. The van der Waals surface area contributed by atoms with E-state index < -0.39 is 5.97 Å². The summed E-state index contributed by atoms with van der Waals surface area (Å²) in [5.74, 6) is 0.677. The largest absolute Gasteiger partial charge is 0.456 e. The maximum atomic E-state index is 12.0. The lowest BCUT2D eigenvalue weighted by molar-refractivity contribution is -0.145. The van der Waals surface area contributed by atoms with Gasteiger partial charge in [0, 0.05) is 17.4 Å². The molecule has 0 saturated heterocycles. The molecule has 1 N–H and O–H groups in total. The first-order valence-corrected chi connectivity index (χ1v) is 9.12. The third kappa shape index (κ3) is 3.93. The van der Waals surface area contributed by atoms with Crippen molar-refractivity contribution in [1.29, 1.82) is 0 Å². The van der Waals surface area contributed by atoms with Gasteiger partial charge in [-0.1, -0.05) is 17.3 Å². The fourth-order valence-corrected chi connectivity index (χ4v) is 3.14. The Labute approximate surface area is 156 Å². The number of hydrogen-bond acceptors (Lipinski definition) is 8. The molecular weight excluding hydrogens is 368 g/mol. The van der Waals surface area contributed by atoms with Gasteiger partial charge in [-0.05, 0) is 23.6 Å². The van der Waals surface area contributed by atoms with Crippen molar-refractivity contribution >= 4 is 28.2 Å². The second-order valence-electron chi connectivity index (χ2n) is 5.71. The van der Waals surface area contributed by atoms with Crippen LogP contribution < -0.4 is 5.56 Å². The molecule has 136 valence electrons. The molecule has 3 heterocycles. The van der Waals surface area contributed by atoms with Crippen molar-refractivity contribution in [3.63, 3.8) is 0 Å². The molecule has 0 fully saturated rings. The van der Waals surface area contributed by atoms with Gasteiger partial charge >= 0.3 is 5.97 Å². The van der Waals surface area contributed by atoms with Gasteiger partial charge in [0.1, 0.15) is 5.82 Å². The number of fused-ring (bicyclic) bond motifs is 1. The lowest BCUT2D eigenvalue weighted by Crippen LogP contribution is -2.14. The van der Waals surface area contributed by atoms with Gasteiger partial charge in [0.25, 0.3) is 11.4 Å². The molecule has 4 aromatic rings. The number of nitrogens with zero attached hydrogens (tertiary/aromatic N) is 3. The molecule has 4 rings (SSSR count). The van der Waals surface area contributed by atoms with Crippen LogP contribution in [0.25, 0.3) is 22.3 Å². The van der Waals surface area contributed by atoms with E-state index in [9.17, 15) is 9.59 Å². The Kier molecular flexibility index (Phi) is 4.75. The van der Waals surface area contributed by atoms with Gasteiger partial charge in [0.15, 0.2) is 6.61 Å². The maximum absolute atomic E-state index is 12.0. The van der Waals surface area contributed by atoms with Crippen molar-refractivity contribution in [3.8, 4) is 11.4 Å². The summed E-state index contributed by atoms with van der Waals surface area (Å²) >= 11 is 1.53. The molecule has 0 aliphatic heterocycles. The van der Waals surface area contributed by atoms with E-state index in [1.54, 1.807) is 18.2 Å². The SMILES string of the molecule is O=C(CCc1nc2ccccc2c(=O)[nH]1)OCc1nc(-c2ccsc2)no1. The van der Waals surface area contributed by atoms with E-state index in [0.29, 0.717) is 22.6 Å². The summed E-state index contributed by atoms with van der Waals surface area (Å²) in [6.07, 6.45) is 0.343. The molecule has 27 heavy (non-hydrogen) atoms. The average Bonchev–Trinajstić information content (AvgIpc) is 3.36. The first-order valence-electron chi connectivity index (χ1n) is 8.18. The molecule has 3 aromatic heterocycles. The molecule has 0 spiro atoms. The fraction of sp³-hybridized carbons (Fsp3) is 0.167. The van der Waals surface area contributed by atoms with E-state index in [2.05, 4.69) is 20.1 Å². The number of aryl methyl sites for hydroxylation is 1. The monoisotopic (exact) mass is 382 g/mol. The number of nitrogens with one attached hydrogen (secondary N) is 1. The molecule has 0 unspecified atom stereocenters. The Balaban J connectivity index is 1.33. The van der Waals surface area contributed by atoms with Crippen molar-refractivity contribution in [2.45, 2.75) is 19.4 Å². The van der Waals surface area contributed by atoms with Crippen molar-refractivity contribution in [2.24, 2.45) is 0 Å². The van der Waals surface area contributed by atoms with Crippen LogP contribution in [0.2, 0.25) is 0 Å². The molecule has 9 heteroatoms. The van der Waals surface area contributed by atoms with E-state index in [1.165, 1.54) is 11.3 Å². The highest BCUT2D eigenvalue weighted by molar-refractivity contribution is 7.08. The average molecular weight is 382 g/mol. The first kappa shape index (κ1) is 17.1. The Morgan fingerprint density at radius 2 is 2.11 bits per heavy atom. The van der Waals surface area contributed by atoms with Crippen LogP contribution in [0.3, 0.4) is 0 Å². The minimum Gasteiger partial charge on any atom is -0.456 e. The van der Waals surface area contributed by atoms with Crippen LogP contribution in [0.15, 0.2) is 50.4 Å². The van der Waals surface area contributed by atoms with E-state index in [1.807, 2.05) is 22.9 Å². The van der Waals surface area contributed by atoms with Gasteiger partial charge < -0.3 is 14.2 Å². The summed E-state index contributed by atoms with van der Waals surface area (Å²) in [5.41, 5.74) is 1.22. The van der Waals surface area contributed by atoms with E-state index in [-0.39, 0.29) is 30.9 Å². The molecule has 0 bridgehead atoms.